The summed E-state index contributed by atoms with van der Waals surface area (Å²) < 4.78 is 51.8. The molecular weight excluding hydrogens is 475 g/mol. The van der Waals surface area contributed by atoms with Gasteiger partial charge in [0.1, 0.15) is 17.2 Å². The summed E-state index contributed by atoms with van der Waals surface area (Å²) in [6.45, 7) is 0.377. The highest BCUT2D eigenvalue weighted by Crippen LogP contribution is 2.31. The molecule has 0 unspecified atom stereocenters. The van der Waals surface area contributed by atoms with Crippen LogP contribution in [0, 0.1) is 5.82 Å². The van der Waals surface area contributed by atoms with E-state index in [4.69, 9.17) is 10.5 Å². The van der Waals surface area contributed by atoms with Gasteiger partial charge < -0.3 is 25.4 Å². The zero-order valence-electron chi connectivity index (χ0n) is 18.3. The van der Waals surface area contributed by atoms with Crippen molar-refractivity contribution < 1.29 is 32.2 Å². The summed E-state index contributed by atoms with van der Waals surface area (Å²) in [5.74, 6) is -2.59. The Hall–Kier alpha value is -3.06. The Bertz CT molecular complexity index is 985. The minimum absolute atomic E-state index is 0.115. The Kier molecular flexibility index (Phi) is 9.33. The van der Waals surface area contributed by atoms with Crippen LogP contribution in [0.3, 0.4) is 0 Å². The van der Waals surface area contributed by atoms with E-state index >= 15 is 0 Å². The molecule has 1 aliphatic heterocycles. The highest BCUT2D eigenvalue weighted by atomic mass is 32.1. The molecule has 0 aliphatic carbocycles. The maximum absolute atomic E-state index is 13.9. The maximum atomic E-state index is 13.9. The van der Waals surface area contributed by atoms with E-state index in [1.807, 2.05) is 0 Å². The first-order valence-electron chi connectivity index (χ1n) is 10.8. The third-order valence-electron chi connectivity index (χ3n) is 5.11. The number of rotatable bonds is 12. The summed E-state index contributed by atoms with van der Waals surface area (Å²) in [5, 5.41) is 5.38. The molecule has 9 nitrogen and oxygen atoms in total. The number of urea groups is 1. The first-order chi connectivity index (χ1) is 16.3. The van der Waals surface area contributed by atoms with Crippen molar-refractivity contribution in [1.82, 2.24) is 14.6 Å². The van der Waals surface area contributed by atoms with Crippen molar-refractivity contribution in [1.29, 1.82) is 0 Å². The summed E-state index contributed by atoms with van der Waals surface area (Å²) in [7, 11) is 0. The van der Waals surface area contributed by atoms with E-state index in [9.17, 15) is 22.8 Å². The lowest BCUT2D eigenvalue weighted by atomic mass is 10.2. The minimum Gasteiger partial charge on any atom is -0.472 e. The summed E-state index contributed by atoms with van der Waals surface area (Å²) in [4.78, 5) is 26.5. The second kappa shape index (κ2) is 12.4. The third-order valence-corrected chi connectivity index (χ3v) is 5.85. The van der Waals surface area contributed by atoms with Crippen LogP contribution in [-0.2, 0) is 6.61 Å². The highest BCUT2D eigenvalue weighted by molar-refractivity contribution is 7.11. The van der Waals surface area contributed by atoms with Crippen molar-refractivity contribution in [2.75, 3.05) is 31.5 Å². The molecule has 2 aromatic rings. The number of nitrogens with one attached hydrogen (secondary N) is 2. The van der Waals surface area contributed by atoms with Crippen LogP contribution in [0.15, 0.2) is 18.2 Å². The molecule has 3 amide bonds. The number of nitrogens with two attached hydrogens (primary N) is 1. The van der Waals surface area contributed by atoms with Crippen molar-refractivity contribution in [3.05, 3.63) is 35.1 Å². The number of benzene rings is 1. The van der Waals surface area contributed by atoms with E-state index < -0.39 is 30.1 Å². The number of alkyl halides is 2. The number of ether oxygens (including phenoxy) is 2. The molecule has 1 fully saturated rings. The molecule has 4 N–H and O–H groups in total. The van der Waals surface area contributed by atoms with Crippen LogP contribution in [0.2, 0.25) is 0 Å². The Morgan fingerprint density at radius 1 is 1.24 bits per heavy atom. The largest absolute Gasteiger partial charge is 0.472 e. The number of primary amides is 1. The lowest BCUT2D eigenvalue weighted by Gasteiger charge is -2.14. The molecule has 0 bridgehead atoms. The molecule has 1 aliphatic rings. The van der Waals surface area contributed by atoms with E-state index in [1.165, 1.54) is 18.9 Å². The summed E-state index contributed by atoms with van der Waals surface area (Å²) in [6, 6.07) is 2.83. The monoisotopic (exact) mass is 501 g/mol. The van der Waals surface area contributed by atoms with Gasteiger partial charge in [0.2, 0.25) is 5.88 Å². The van der Waals surface area contributed by atoms with Crippen LogP contribution in [0.25, 0.3) is 0 Å². The fraction of sp³-hybridized carbons (Fsp3) is 0.476. The number of unbranched alkanes of at least 4 members (excludes halogenated alkanes) is 1. The topological polar surface area (TPSA) is 119 Å². The SMILES string of the molecule is NC(=O)c1c(OCc2ccc(OC(F)F)c(F)c2)nsc1NC(=O)NCCCCN1CCCC1. The lowest BCUT2D eigenvalue weighted by Crippen LogP contribution is -2.30. The van der Waals surface area contributed by atoms with Crippen LogP contribution in [0.4, 0.5) is 23.0 Å². The van der Waals surface area contributed by atoms with Gasteiger partial charge >= 0.3 is 12.6 Å². The van der Waals surface area contributed by atoms with Gasteiger partial charge in [0.15, 0.2) is 11.6 Å². The molecule has 34 heavy (non-hydrogen) atoms. The van der Waals surface area contributed by atoms with Crippen LogP contribution in [0.1, 0.15) is 41.6 Å². The summed E-state index contributed by atoms with van der Waals surface area (Å²) in [6.07, 6.45) is 4.27. The van der Waals surface area contributed by atoms with Crippen molar-refractivity contribution >= 4 is 28.5 Å². The predicted molar refractivity (Wildman–Crippen MR) is 120 cm³/mol. The van der Waals surface area contributed by atoms with Gasteiger partial charge in [-0.2, -0.15) is 13.2 Å². The van der Waals surface area contributed by atoms with Crippen LogP contribution >= 0.6 is 11.5 Å². The summed E-state index contributed by atoms with van der Waals surface area (Å²) >= 11 is 0.809. The minimum atomic E-state index is -3.15. The quantitative estimate of drug-likeness (QED) is 0.383. The number of likely N-dealkylation sites (tertiary alicyclic amines) is 1. The molecule has 3 rings (SSSR count). The van der Waals surface area contributed by atoms with Crippen LogP contribution < -0.4 is 25.8 Å². The predicted octanol–water partition coefficient (Wildman–Crippen LogP) is 3.56. The number of hydrogen-bond donors (Lipinski definition) is 3. The zero-order valence-corrected chi connectivity index (χ0v) is 19.1. The van der Waals surface area contributed by atoms with Gasteiger partial charge in [0.25, 0.3) is 5.91 Å². The van der Waals surface area contributed by atoms with Crippen molar-refractivity contribution in [2.45, 2.75) is 38.9 Å². The fourth-order valence-corrected chi connectivity index (χ4v) is 4.21. The average Bonchev–Trinajstić information content (AvgIpc) is 3.43. The molecule has 1 aromatic heterocycles. The number of carbonyl (C=O) groups excluding carboxylic acids is 2. The highest BCUT2D eigenvalue weighted by Gasteiger charge is 2.22. The van der Waals surface area contributed by atoms with Crippen LogP contribution in [-0.4, -0.2) is 54.0 Å². The molecule has 1 aromatic carbocycles. The fourth-order valence-electron chi connectivity index (χ4n) is 3.47. The number of nitrogens with zero attached hydrogens (tertiary/aromatic N) is 2. The van der Waals surface area contributed by atoms with E-state index in [0.717, 1.165) is 56.1 Å². The van der Waals surface area contributed by atoms with E-state index in [-0.39, 0.29) is 28.6 Å². The van der Waals surface area contributed by atoms with Gasteiger partial charge in [-0.05, 0) is 74.5 Å². The Morgan fingerprint density at radius 2 is 2.00 bits per heavy atom. The number of amides is 3. The standard InChI is InChI=1S/C21H26F3N5O4S/c22-14-11-13(5-6-15(14)33-20(23)24)12-32-18-16(17(25)30)19(34-28-18)27-21(31)26-7-1-2-8-29-9-3-4-10-29/h5-6,11,20H,1-4,7-10,12H2,(H2,25,30)(H2,26,27,31). The first kappa shape index (κ1) is 25.6. The smallest absolute Gasteiger partial charge is 0.387 e. The molecular formula is C21H26F3N5O4S. The molecule has 1 saturated heterocycles. The lowest BCUT2D eigenvalue weighted by molar-refractivity contribution is -0.0522. The zero-order chi connectivity index (χ0) is 24.5. The second-order valence-electron chi connectivity index (χ2n) is 7.62. The van der Waals surface area contributed by atoms with Crippen molar-refractivity contribution in [2.24, 2.45) is 5.73 Å². The van der Waals surface area contributed by atoms with Gasteiger partial charge in [-0.25, -0.2) is 9.18 Å². The van der Waals surface area contributed by atoms with Gasteiger partial charge in [-0.15, -0.1) is 0 Å². The Morgan fingerprint density at radius 3 is 2.68 bits per heavy atom. The molecule has 0 atom stereocenters. The maximum Gasteiger partial charge on any atom is 0.387 e. The molecule has 13 heteroatoms. The van der Waals surface area contributed by atoms with Crippen molar-refractivity contribution in [3.63, 3.8) is 0 Å². The molecule has 0 spiro atoms. The summed E-state index contributed by atoms with van der Waals surface area (Å²) in [5.41, 5.74) is 5.58. The van der Waals surface area contributed by atoms with Crippen LogP contribution in [0.5, 0.6) is 11.6 Å². The third kappa shape index (κ3) is 7.48. The number of anilines is 1. The Balaban J connectivity index is 1.50. The Labute approximate surface area is 198 Å². The average molecular weight is 502 g/mol. The molecule has 0 saturated carbocycles. The molecule has 0 radical (unpaired) electrons. The van der Waals surface area contributed by atoms with E-state index in [1.54, 1.807) is 0 Å². The van der Waals surface area contributed by atoms with Crippen molar-refractivity contribution in [3.8, 4) is 11.6 Å². The second-order valence-corrected chi connectivity index (χ2v) is 8.40. The number of halogens is 3. The molecule has 186 valence electrons. The van der Waals surface area contributed by atoms with Gasteiger partial charge in [-0.3, -0.25) is 10.1 Å². The first-order valence-corrected chi connectivity index (χ1v) is 11.5. The van der Waals surface area contributed by atoms with E-state index in [2.05, 4.69) is 24.6 Å². The number of hydrogen-bond acceptors (Lipinski definition) is 7. The van der Waals surface area contributed by atoms with Gasteiger partial charge in [0, 0.05) is 6.54 Å². The van der Waals surface area contributed by atoms with E-state index in [0.29, 0.717) is 6.54 Å². The van der Waals surface area contributed by atoms with Gasteiger partial charge in [-0.1, -0.05) is 6.07 Å². The normalized spacial score (nSPS) is 13.8. The number of carbonyl (C=O) groups is 2. The van der Waals surface area contributed by atoms with Gasteiger partial charge in [0.05, 0.1) is 0 Å². The molecule has 2 heterocycles. The number of aromatic nitrogens is 1.